The van der Waals surface area contributed by atoms with Gasteiger partial charge in [-0.15, -0.1) is 0 Å². The number of benzene rings is 2. The maximum atomic E-state index is 13.0. The van der Waals surface area contributed by atoms with Crippen molar-refractivity contribution in [1.29, 1.82) is 0 Å². The molecule has 1 heterocycles. The van der Waals surface area contributed by atoms with Crippen LogP contribution in [-0.4, -0.2) is 58.0 Å². The van der Waals surface area contributed by atoms with Crippen molar-refractivity contribution in [3.8, 4) is 11.5 Å². The average molecular weight is 411 g/mol. The topological polar surface area (TPSA) is 59.1 Å². The molecule has 6 nitrogen and oxygen atoms in total. The highest BCUT2D eigenvalue weighted by atomic mass is 35.5. The van der Waals surface area contributed by atoms with E-state index in [1.165, 1.54) is 24.6 Å². The molecule has 0 saturated carbocycles. The van der Waals surface area contributed by atoms with Gasteiger partial charge in [-0.05, 0) is 29.8 Å². The quantitative estimate of drug-likeness (QED) is 0.732. The van der Waals surface area contributed by atoms with Crippen LogP contribution in [0.2, 0.25) is 5.02 Å². The Labute approximate surface area is 165 Å². The summed E-state index contributed by atoms with van der Waals surface area (Å²) in [6, 6.07) is 12.4. The first kappa shape index (κ1) is 19.9. The van der Waals surface area contributed by atoms with Gasteiger partial charge in [-0.1, -0.05) is 23.7 Å². The van der Waals surface area contributed by atoms with E-state index in [9.17, 15) is 8.42 Å². The van der Waals surface area contributed by atoms with Gasteiger partial charge in [0.25, 0.3) is 0 Å². The zero-order chi connectivity index (χ0) is 19.4. The summed E-state index contributed by atoms with van der Waals surface area (Å²) < 4.78 is 37.8. The summed E-state index contributed by atoms with van der Waals surface area (Å²) in [5, 5.41) is 0.710. The van der Waals surface area contributed by atoms with Crippen LogP contribution in [0.15, 0.2) is 47.4 Å². The molecule has 0 spiro atoms. The van der Waals surface area contributed by atoms with E-state index in [0.717, 1.165) is 12.1 Å². The molecule has 1 saturated heterocycles. The Morgan fingerprint density at radius 2 is 1.67 bits per heavy atom. The van der Waals surface area contributed by atoms with Crippen molar-refractivity contribution < 1.29 is 17.9 Å². The number of nitrogens with zero attached hydrogens (tertiary/aromatic N) is 2. The normalized spacial score (nSPS) is 16.3. The SMILES string of the molecule is COc1ccc(S(=O)(=O)N2CCN(Cc3cccc(Cl)c3)CC2)cc1OC. The van der Waals surface area contributed by atoms with E-state index in [4.69, 9.17) is 21.1 Å². The molecule has 0 atom stereocenters. The number of hydrogen-bond donors (Lipinski definition) is 0. The lowest BCUT2D eigenvalue weighted by atomic mass is 10.2. The van der Waals surface area contributed by atoms with E-state index in [2.05, 4.69) is 4.90 Å². The molecule has 0 unspecified atom stereocenters. The van der Waals surface area contributed by atoms with E-state index in [1.807, 2.05) is 24.3 Å². The molecule has 146 valence electrons. The Morgan fingerprint density at radius 3 is 2.30 bits per heavy atom. The summed E-state index contributed by atoms with van der Waals surface area (Å²) >= 11 is 6.03. The molecule has 2 aromatic rings. The first-order valence-corrected chi connectivity index (χ1v) is 10.4. The molecule has 27 heavy (non-hydrogen) atoms. The number of ether oxygens (including phenoxy) is 2. The monoisotopic (exact) mass is 410 g/mol. The molecule has 1 fully saturated rings. The summed E-state index contributed by atoms with van der Waals surface area (Å²) in [7, 11) is -0.565. The molecule has 0 aliphatic carbocycles. The highest BCUT2D eigenvalue weighted by molar-refractivity contribution is 7.89. The molecular formula is C19H23ClN2O4S. The van der Waals surface area contributed by atoms with Crippen LogP contribution in [0.5, 0.6) is 11.5 Å². The second kappa shape index (κ2) is 8.48. The first-order valence-electron chi connectivity index (χ1n) is 8.63. The van der Waals surface area contributed by atoms with Gasteiger partial charge in [-0.25, -0.2) is 8.42 Å². The predicted molar refractivity (Wildman–Crippen MR) is 105 cm³/mol. The minimum atomic E-state index is -3.57. The highest BCUT2D eigenvalue weighted by Gasteiger charge is 2.29. The summed E-state index contributed by atoms with van der Waals surface area (Å²) in [5.74, 6) is 0.904. The third-order valence-electron chi connectivity index (χ3n) is 4.62. The van der Waals surface area contributed by atoms with Gasteiger partial charge < -0.3 is 9.47 Å². The van der Waals surface area contributed by atoms with E-state index in [1.54, 1.807) is 12.1 Å². The van der Waals surface area contributed by atoms with E-state index in [0.29, 0.717) is 42.7 Å². The van der Waals surface area contributed by atoms with Crippen LogP contribution in [0.4, 0.5) is 0 Å². The van der Waals surface area contributed by atoms with Gasteiger partial charge in [0.1, 0.15) is 0 Å². The second-order valence-electron chi connectivity index (χ2n) is 6.33. The minimum absolute atomic E-state index is 0.212. The Hall–Kier alpha value is -1.80. The van der Waals surface area contributed by atoms with Crippen molar-refractivity contribution in [2.24, 2.45) is 0 Å². The minimum Gasteiger partial charge on any atom is -0.493 e. The Morgan fingerprint density at radius 1 is 0.963 bits per heavy atom. The second-order valence-corrected chi connectivity index (χ2v) is 8.70. The zero-order valence-corrected chi connectivity index (χ0v) is 17.0. The van der Waals surface area contributed by atoms with Crippen LogP contribution in [0.1, 0.15) is 5.56 Å². The third-order valence-corrected chi connectivity index (χ3v) is 6.75. The van der Waals surface area contributed by atoms with Crippen LogP contribution in [0.25, 0.3) is 0 Å². The summed E-state index contributed by atoms with van der Waals surface area (Å²) in [6.07, 6.45) is 0. The fourth-order valence-corrected chi connectivity index (χ4v) is 4.80. The largest absolute Gasteiger partial charge is 0.493 e. The fraction of sp³-hybridized carbons (Fsp3) is 0.368. The van der Waals surface area contributed by atoms with Crippen molar-refractivity contribution in [1.82, 2.24) is 9.21 Å². The van der Waals surface area contributed by atoms with Crippen LogP contribution < -0.4 is 9.47 Å². The van der Waals surface area contributed by atoms with Crippen molar-refractivity contribution in [2.45, 2.75) is 11.4 Å². The van der Waals surface area contributed by atoms with E-state index < -0.39 is 10.0 Å². The number of sulfonamides is 1. The molecule has 0 N–H and O–H groups in total. The van der Waals surface area contributed by atoms with Crippen LogP contribution in [0, 0.1) is 0 Å². The third kappa shape index (κ3) is 4.55. The van der Waals surface area contributed by atoms with Crippen molar-refractivity contribution in [3.05, 3.63) is 53.1 Å². The van der Waals surface area contributed by atoms with Gasteiger partial charge in [-0.2, -0.15) is 4.31 Å². The highest BCUT2D eigenvalue weighted by Crippen LogP contribution is 2.31. The molecule has 1 aliphatic rings. The van der Waals surface area contributed by atoms with E-state index in [-0.39, 0.29) is 4.90 Å². The lowest BCUT2D eigenvalue weighted by molar-refractivity contribution is 0.181. The van der Waals surface area contributed by atoms with Crippen molar-refractivity contribution >= 4 is 21.6 Å². The molecule has 1 aliphatic heterocycles. The van der Waals surface area contributed by atoms with Crippen LogP contribution in [-0.2, 0) is 16.6 Å². The molecule has 8 heteroatoms. The zero-order valence-electron chi connectivity index (χ0n) is 15.4. The maximum absolute atomic E-state index is 13.0. The lowest BCUT2D eigenvalue weighted by Gasteiger charge is -2.34. The smallest absolute Gasteiger partial charge is 0.243 e. The molecule has 0 aromatic heterocycles. The average Bonchev–Trinajstić information content (AvgIpc) is 2.68. The molecule has 2 aromatic carbocycles. The summed E-state index contributed by atoms with van der Waals surface area (Å²) in [6.45, 7) is 2.97. The van der Waals surface area contributed by atoms with E-state index >= 15 is 0 Å². The van der Waals surface area contributed by atoms with Crippen molar-refractivity contribution in [2.75, 3.05) is 40.4 Å². The lowest BCUT2D eigenvalue weighted by Crippen LogP contribution is -2.48. The van der Waals surface area contributed by atoms with Crippen LogP contribution >= 0.6 is 11.6 Å². The Bertz CT molecular complexity index is 896. The van der Waals surface area contributed by atoms with Gasteiger partial charge in [0, 0.05) is 43.8 Å². The summed E-state index contributed by atoms with van der Waals surface area (Å²) in [5.41, 5.74) is 1.12. The number of hydrogen-bond acceptors (Lipinski definition) is 5. The number of halogens is 1. The first-order chi connectivity index (χ1) is 12.9. The number of piperazine rings is 1. The molecule has 0 radical (unpaired) electrons. The van der Waals surface area contributed by atoms with Gasteiger partial charge in [0.15, 0.2) is 11.5 Å². The molecule has 0 bridgehead atoms. The van der Waals surface area contributed by atoms with Gasteiger partial charge >= 0.3 is 0 Å². The maximum Gasteiger partial charge on any atom is 0.243 e. The van der Waals surface area contributed by atoms with Crippen LogP contribution in [0.3, 0.4) is 0 Å². The standard InChI is InChI=1S/C19H23ClN2O4S/c1-25-18-7-6-17(13-19(18)26-2)27(23,24)22-10-8-21(9-11-22)14-15-4-3-5-16(20)12-15/h3-7,12-13H,8-11,14H2,1-2H3. The summed E-state index contributed by atoms with van der Waals surface area (Å²) in [4.78, 5) is 2.44. The van der Waals surface area contributed by atoms with Gasteiger partial charge in [0.2, 0.25) is 10.0 Å². The number of methoxy groups -OCH3 is 2. The van der Waals surface area contributed by atoms with Gasteiger partial charge in [-0.3, -0.25) is 4.90 Å². The predicted octanol–water partition coefficient (Wildman–Crippen LogP) is 2.86. The Balaban J connectivity index is 1.67. The number of rotatable bonds is 6. The molecule has 3 rings (SSSR count). The molecular weight excluding hydrogens is 388 g/mol. The van der Waals surface area contributed by atoms with Gasteiger partial charge in [0.05, 0.1) is 19.1 Å². The van der Waals surface area contributed by atoms with Crippen molar-refractivity contribution in [3.63, 3.8) is 0 Å². The Kier molecular flexibility index (Phi) is 6.26. The fourth-order valence-electron chi connectivity index (χ4n) is 3.15. The molecule has 0 amide bonds.